The summed E-state index contributed by atoms with van der Waals surface area (Å²) in [5, 5.41) is 13.8. The first-order valence-electron chi connectivity index (χ1n) is 12.9. The smallest absolute Gasteiger partial charge is 0.235 e. The van der Waals surface area contributed by atoms with Gasteiger partial charge in [0.2, 0.25) is 17.8 Å². The summed E-state index contributed by atoms with van der Waals surface area (Å²) < 4.78 is 29.5. The van der Waals surface area contributed by atoms with Gasteiger partial charge < -0.3 is 29.7 Å². The molecule has 4 heterocycles. The number of nitrogens with one attached hydrogen (secondary N) is 3. The van der Waals surface area contributed by atoms with Crippen LogP contribution in [0, 0.1) is 5.82 Å². The van der Waals surface area contributed by atoms with Crippen molar-refractivity contribution in [2.75, 3.05) is 56.1 Å². The molecule has 1 unspecified atom stereocenters. The summed E-state index contributed by atoms with van der Waals surface area (Å²) >= 11 is 0. The third-order valence-electron chi connectivity index (χ3n) is 6.29. The van der Waals surface area contributed by atoms with E-state index in [1.54, 1.807) is 14.2 Å². The lowest BCUT2D eigenvalue weighted by Crippen LogP contribution is -2.37. The first-order chi connectivity index (χ1) is 19.5. The molecule has 1 aromatic carbocycles. The van der Waals surface area contributed by atoms with Crippen molar-refractivity contribution in [3.63, 3.8) is 0 Å². The van der Waals surface area contributed by atoms with Crippen LogP contribution in [0.2, 0.25) is 0 Å². The number of morpholine rings is 1. The highest BCUT2D eigenvalue weighted by Gasteiger charge is 2.19. The molecule has 210 valence electrons. The van der Waals surface area contributed by atoms with Gasteiger partial charge in [-0.15, -0.1) is 0 Å². The highest BCUT2D eigenvalue weighted by Crippen LogP contribution is 2.28. The summed E-state index contributed by atoms with van der Waals surface area (Å²) in [6.07, 6.45) is 3.77. The van der Waals surface area contributed by atoms with E-state index >= 15 is 0 Å². The van der Waals surface area contributed by atoms with Gasteiger partial charge in [0.15, 0.2) is 23.1 Å². The predicted molar refractivity (Wildman–Crippen MR) is 146 cm³/mol. The van der Waals surface area contributed by atoms with Gasteiger partial charge in [0, 0.05) is 24.8 Å². The van der Waals surface area contributed by atoms with Crippen molar-refractivity contribution in [2.45, 2.75) is 25.8 Å². The van der Waals surface area contributed by atoms with E-state index in [1.165, 1.54) is 0 Å². The van der Waals surface area contributed by atoms with Gasteiger partial charge in [-0.2, -0.15) is 20.1 Å². The fraction of sp³-hybridized carbons (Fsp3) is 0.385. The van der Waals surface area contributed by atoms with Gasteiger partial charge in [0.1, 0.15) is 5.82 Å². The van der Waals surface area contributed by atoms with Gasteiger partial charge in [-0.3, -0.25) is 5.10 Å². The highest BCUT2D eigenvalue weighted by molar-refractivity contribution is 5.53. The molecular formula is C26H31FN10O3. The number of H-pyrrole nitrogens is 1. The molecule has 3 aromatic heterocycles. The number of aromatic nitrogens is 7. The summed E-state index contributed by atoms with van der Waals surface area (Å²) in [7, 11) is 3.24. The molecule has 0 saturated carbocycles. The first-order valence-corrected chi connectivity index (χ1v) is 12.9. The number of halogens is 1. The van der Waals surface area contributed by atoms with Crippen LogP contribution in [0.3, 0.4) is 0 Å². The van der Waals surface area contributed by atoms with E-state index in [1.807, 2.05) is 36.1 Å². The molecule has 0 radical (unpaired) electrons. The maximum atomic E-state index is 13.3. The van der Waals surface area contributed by atoms with Crippen molar-refractivity contribution in [3.05, 3.63) is 59.6 Å². The van der Waals surface area contributed by atoms with Crippen LogP contribution in [0.25, 0.3) is 0 Å². The third-order valence-corrected chi connectivity index (χ3v) is 6.29. The van der Waals surface area contributed by atoms with E-state index in [-0.39, 0.29) is 6.04 Å². The molecular weight excluding hydrogens is 519 g/mol. The Bertz CT molecular complexity index is 1410. The van der Waals surface area contributed by atoms with E-state index in [0.29, 0.717) is 67.3 Å². The second-order valence-electron chi connectivity index (χ2n) is 9.10. The van der Waals surface area contributed by atoms with Crippen molar-refractivity contribution in [3.8, 4) is 11.5 Å². The van der Waals surface area contributed by atoms with Crippen molar-refractivity contribution < 1.29 is 18.6 Å². The quantitative estimate of drug-likeness (QED) is 0.252. The maximum Gasteiger partial charge on any atom is 0.235 e. The van der Waals surface area contributed by atoms with E-state index in [0.717, 1.165) is 36.5 Å². The van der Waals surface area contributed by atoms with Crippen LogP contribution in [0.4, 0.5) is 28.1 Å². The summed E-state index contributed by atoms with van der Waals surface area (Å²) in [6.45, 7) is 4.32. The lowest BCUT2D eigenvalue weighted by atomic mass is 10.1. The Labute approximate surface area is 230 Å². The Balaban J connectivity index is 1.30. The molecule has 1 saturated heterocycles. The van der Waals surface area contributed by atoms with Gasteiger partial charge >= 0.3 is 0 Å². The molecule has 40 heavy (non-hydrogen) atoms. The molecule has 0 aliphatic carbocycles. The highest BCUT2D eigenvalue weighted by atomic mass is 19.1. The fourth-order valence-electron chi connectivity index (χ4n) is 4.18. The Morgan fingerprint density at radius 3 is 2.50 bits per heavy atom. The Morgan fingerprint density at radius 1 is 1.00 bits per heavy atom. The second-order valence-corrected chi connectivity index (χ2v) is 9.10. The van der Waals surface area contributed by atoms with Gasteiger partial charge in [0.05, 0.1) is 45.9 Å². The second kappa shape index (κ2) is 12.5. The number of ether oxygens (including phenoxy) is 3. The van der Waals surface area contributed by atoms with E-state index < -0.39 is 5.82 Å². The number of hydrogen-bond donors (Lipinski definition) is 3. The summed E-state index contributed by atoms with van der Waals surface area (Å²) in [6, 6.07) is 7.43. The van der Waals surface area contributed by atoms with Crippen LogP contribution in [-0.2, 0) is 17.6 Å². The van der Waals surface area contributed by atoms with E-state index in [2.05, 4.69) is 45.8 Å². The first kappa shape index (κ1) is 27.0. The van der Waals surface area contributed by atoms with E-state index in [4.69, 9.17) is 14.2 Å². The molecule has 1 fully saturated rings. The Morgan fingerprint density at radius 2 is 1.75 bits per heavy atom. The summed E-state index contributed by atoms with van der Waals surface area (Å²) in [4.78, 5) is 23.9. The van der Waals surface area contributed by atoms with Gasteiger partial charge in [-0.1, -0.05) is 6.07 Å². The summed E-state index contributed by atoms with van der Waals surface area (Å²) in [5.41, 5.74) is 2.06. The average molecular weight is 551 g/mol. The molecule has 1 aliphatic heterocycles. The average Bonchev–Trinajstić information content (AvgIpc) is 3.43. The van der Waals surface area contributed by atoms with Gasteiger partial charge in [-0.25, -0.2) is 14.4 Å². The molecule has 0 spiro atoms. The van der Waals surface area contributed by atoms with Crippen LogP contribution < -0.4 is 25.0 Å². The normalized spacial score (nSPS) is 14.1. The number of anilines is 4. The van der Waals surface area contributed by atoms with Crippen molar-refractivity contribution >= 4 is 23.7 Å². The number of nitrogens with zero attached hydrogens (tertiary/aromatic N) is 7. The number of rotatable bonds is 11. The fourth-order valence-corrected chi connectivity index (χ4v) is 4.18. The minimum absolute atomic E-state index is 0.323. The Kier molecular flexibility index (Phi) is 8.44. The van der Waals surface area contributed by atoms with Gasteiger partial charge in [0.25, 0.3) is 0 Å². The standard InChI is InChI=1S/C26H31FN10O3/c1-16(23-28-14-18(27)15-29-23)30-24-32-25(34-26(33-24)37-8-10-40-11-9-37)31-22-13-19(35-36-22)6-4-17-5-7-20(38-2)21(12-17)39-3/h5,7,12-16H,4,6,8-11H2,1-3H3,(H3,30,31,32,33,34,35,36). The summed E-state index contributed by atoms with van der Waals surface area (Å²) in [5.74, 6) is 3.02. The maximum absolute atomic E-state index is 13.3. The van der Waals surface area contributed by atoms with Crippen LogP contribution in [-0.4, -0.2) is 75.6 Å². The van der Waals surface area contributed by atoms with Gasteiger partial charge in [-0.05, 0) is 37.5 Å². The molecule has 4 aromatic rings. The van der Waals surface area contributed by atoms with Crippen LogP contribution in [0.15, 0.2) is 36.7 Å². The van der Waals surface area contributed by atoms with Crippen LogP contribution in [0.1, 0.15) is 30.0 Å². The predicted octanol–water partition coefficient (Wildman–Crippen LogP) is 3.08. The molecule has 0 amide bonds. The minimum Gasteiger partial charge on any atom is -0.493 e. The molecule has 1 atom stereocenters. The van der Waals surface area contributed by atoms with Crippen LogP contribution >= 0.6 is 0 Å². The zero-order valence-corrected chi connectivity index (χ0v) is 22.5. The number of hydrogen-bond acceptors (Lipinski definition) is 12. The lowest BCUT2D eigenvalue weighted by molar-refractivity contribution is 0.122. The van der Waals surface area contributed by atoms with E-state index in [9.17, 15) is 4.39 Å². The lowest BCUT2D eigenvalue weighted by Gasteiger charge is -2.27. The number of aryl methyl sites for hydroxylation is 2. The molecule has 0 bridgehead atoms. The molecule has 14 heteroatoms. The molecule has 3 N–H and O–H groups in total. The van der Waals surface area contributed by atoms with Crippen molar-refractivity contribution in [1.82, 2.24) is 35.1 Å². The van der Waals surface area contributed by atoms with Crippen LogP contribution in [0.5, 0.6) is 11.5 Å². The Hall–Kier alpha value is -4.59. The topological polar surface area (TPSA) is 148 Å². The molecule has 1 aliphatic rings. The zero-order chi connectivity index (χ0) is 27.9. The monoisotopic (exact) mass is 550 g/mol. The number of aromatic amines is 1. The van der Waals surface area contributed by atoms with Crippen molar-refractivity contribution in [2.24, 2.45) is 0 Å². The minimum atomic E-state index is -0.501. The van der Waals surface area contributed by atoms with Crippen molar-refractivity contribution in [1.29, 1.82) is 0 Å². The zero-order valence-electron chi connectivity index (χ0n) is 22.5. The molecule has 13 nitrogen and oxygen atoms in total. The number of methoxy groups -OCH3 is 2. The molecule has 5 rings (SSSR count). The largest absolute Gasteiger partial charge is 0.493 e. The SMILES string of the molecule is COc1ccc(CCc2cc(Nc3nc(NC(C)c4ncc(F)cn4)nc(N4CCOCC4)n3)n[nH]2)cc1OC. The third kappa shape index (κ3) is 6.69. The number of benzene rings is 1.